The third kappa shape index (κ3) is 8.72. The van der Waals surface area contributed by atoms with Gasteiger partial charge in [-0.2, -0.15) is 0 Å². The van der Waals surface area contributed by atoms with E-state index in [1.165, 1.54) is 0 Å². The minimum Gasteiger partial charge on any atom is -0.501 e. The van der Waals surface area contributed by atoms with Gasteiger partial charge < -0.3 is 14.4 Å². The summed E-state index contributed by atoms with van der Waals surface area (Å²) in [4.78, 5) is 9.16. The molecule has 8 rings (SSSR count). The predicted molar refractivity (Wildman–Crippen MR) is 217 cm³/mol. The van der Waals surface area contributed by atoms with Crippen LogP contribution in [0.2, 0.25) is 19.6 Å². The van der Waals surface area contributed by atoms with Crippen LogP contribution in [-0.4, -0.2) is 18.0 Å². The SMILES string of the molecule is [2H]C([2H])(c1cc(-c2[c-]cccc2)ncc1[Si](C)(C)C)C(C)C.[2H]C([2H])(c1ccnc(-c2[c-]ccc3c2oc2cc(-c4ccccc4)ccc23)c1)C1CCCC1.[Ir]. The Morgan fingerprint density at radius 2 is 1.60 bits per heavy atom. The molecule has 0 bridgehead atoms. The second kappa shape index (κ2) is 16.7. The molecule has 52 heavy (non-hydrogen) atoms. The summed E-state index contributed by atoms with van der Waals surface area (Å²) in [5, 5.41) is 3.17. The van der Waals surface area contributed by atoms with Gasteiger partial charge in [-0.1, -0.05) is 136 Å². The molecule has 3 nitrogen and oxygen atoms in total. The Kier molecular flexibility index (Phi) is 10.4. The quantitative estimate of drug-likeness (QED) is 0.113. The van der Waals surface area contributed by atoms with Crippen molar-refractivity contribution in [2.75, 3.05) is 0 Å². The van der Waals surface area contributed by atoms with E-state index in [-0.39, 0.29) is 31.9 Å². The van der Waals surface area contributed by atoms with E-state index in [0.717, 1.165) is 86.3 Å². The van der Waals surface area contributed by atoms with Crippen molar-refractivity contribution in [1.82, 2.24) is 9.97 Å². The fraction of sp³-hybridized carbons (Fsp3) is 0.277. The van der Waals surface area contributed by atoms with E-state index in [9.17, 15) is 0 Å². The van der Waals surface area contributed by atoms with Crippen molar-refractivity contribution in [2.45, 2.75) is 71.9 Å². The molecule has 3 aromatic heterocycles. The van der Waals surface area contributed by atoms with Crippen molar-refractivity contribution in [3.8, 4) is 33.6 Å². The number of rotatable bonds is 8. The van der Waals surface area contributed by atoms with Crippen LogP contribution in [0.5, 0.6) is 0 Å². The Labute approximate surface area is 329 Å². The van der Waals surface area contributed by atoms with Crippen molar-refractivity contribution >= 4 is 35.2 Å². The van der Waals surface area contributed by atoms with Gasteiger partial charge in [-0.25, -0.2) is 0 Å². The van der Waals surface area contributed by atoms with Crippen molar-refractivity contribution in [3.05, 3.63) is 139 Å². The van der Waals surface area contributed by atoms with Gasteiger partial charge in [-0.3, -0.25) is 0 Å². The minimum absolute atomic E-state index is 0. The number of fused-ring (bicyclic) bond motifs is 3. The fourth-order valence-corrected chi connectivity index (χ4v) is 8.29. The zero-order valence-corrected chi connectivity index (χ0v) is 34.0. The summed E-state index contributed by atoms with van der Waals surface area (Å²) in [6.45, 7) is 10.6. The van der Waals surface area contributed by atoms with Crippen LogP contribution in [0.4, 0.5) is 0 Å². The minimum atomic E-state index is -1.67. The number of pyridine rings is 2. The van der Waals surface area contributed by atoms with Crippen LogP contribution in [0.15, 0.2) is 120 Å². The van der Waals surface area contributed by atoms with E-state index in [1.807, 2.05) is 92.8 Å². The number of benzene rings is 4. The van der Waals surface area contributed by atoms with Gasteiger partial charge in [0.2, 0.25) is 0 Å². The third-order valence-corrected chi connectivity index (χ3v) is 11.4. The van der Waals surface area contributed by atoms with Gasteiger partial charge in [-0.05, 0) is 64.4 Å². The molecule has 7 aromatic rings. The third-order valence-electron chi connectivity index (χ3n) is 9.42. The zero-order chi connectivity index (χ0) is 39.0. The van der Waals surface area contributed by atoms with Crippen molar-refractivity contribution in [3.63, 3.8) is 0 Å². The molecule has 4 aromatic carbocycles. The normalized spacial score (nSPS) is 15.0. The number of furan rings is 1. The van der Waals surface area contributed by atoms with E-state index in [1.54, 1.807) is 6.20 Å². The van der Waals surface area contributed by atoms with Crippen LogP contribution in [0.1, 0.15) is 56.1 Å². The molecule has 1 fully saturated rings. The van der Waals surface area contributed by atoms with E-state index in [2.05, 4.69) is 72.1 Å². The first-order valence-corrected chi connectivity index (χ1v) is 21.6. The first-order valence-electron chi connectivity index (χ1n) is 20.1. The zero-order valence-electron chi connectivity index (χ0n) is 34.6. The van der Waals surface area contributed by atoms with Gasteiger partial charge in [0.25, 0.3) is 0 Å². The second-order valence-corrected chi connectivity index (χ2v) is 19.8. The molecular weight excluding hydrogens is 829 g/mol. The predicted octanol–water partition coefficient (Wildman–Crippen LogP) is 12.1. The summed E-state index contributed by atoms with van der Waals surface area (Å²) in [5.41, 5.74) is 8.47. The first-order chi connectivity index (χ1) is 26.2. The molecule has 0 atom stereocenters. The summed E-state index contributed by atoms with van der Waals surface area (Å²) in [7, 11) is -1.67. The van der Waals surface area contributed by atoms with E-state index in [0.29, 0.717) is 11.3 Å². The Hall–Kier alpha value is -4.15. The van der Waals surface area contributed by atoms with Gasteiger partial charge >= 0.3 is 0 Å². The van der Waals surface area contributed by atoms with Crippen LogP contribution < -0.4 is 5.19 Å². The average molecular weight is 881 g/mol. The van der Waals surface area contributed by atoms with Crippen LogP contribution in [0.3, 0.4) is 0 Å². The number of hydrogen-bond donors (Lipinski definition) is 0. The molecule has 1 aliphatic carbocycles. The smallest absolute Gasteiger partial charge is 0.121 e. The molecule has 1 aliphatic rings. The van der Waals surface area contributed by atoms with Crippen LogP contribution in [0, 0.1) is 24.0 Å². The molecule has 1 radical (unpaired) electrons. The molecule has 0 N–H and O–H groups in total. The fourth-order valence-electron chi connectivity index (χ4n) is 6.89. The summed E-state index contributed by atoms with van der Waals surface area (Å²) in [6, 6.07) is 40.3. The van der Waals surface area contributed by atoms with E-state index in [4.69, 9.17) is 9.90 Å². The van der Waals surface area contributed by atoms with Crippen LogP contribution in [-0.2, 0) is 32.9 Å². The molecular formula is C47H48IrN2OSi-2. The maximum Gasteiger partial charge on any atom is 0.121 e. The number of nitrogens with zero attached hydrogens (tertiary/aromatic N) is 2. The maximum atomic E-state index is 8.78. The van der Waals surface area contributed by atoms with E-state index < -0.39 is 20.8 Å². The molecule has 0 amide bonds. The summed E-state index contributed by atoms with van der Waals surface area (Å²) < 4.78 is 41.0. The van der Waals surface area contributed by atoms with Gasteiger partial charge in [0.05, 0.1) is 13.7 Å². The number of aromatic nitrogens is 2. The van der Waals surface area contributed by atoms with E-state index >= 15 is 0 Å². The maximum absolute atomic E-state index is 8.78. The monoisotopic (exact) mass is 881 g/mol. The van der Waals surface area contributed by atoms with Gasteiger partial charge in [0, 0.05) is 43.4 Å². The average Bonchev–Trinajstić information content (AvgIpc) is 3.88. The molecule has 1 saturated carbocycles. The summed E-state index contributed by atoms with van der Waals surface area (Å²) >= 11 is 0. The van der Waals surface area contributed by atoms with Crippen LogP contribution >= 0.6 is 0 Å². The molecule has 0 saturated heterocycles. The number of hydrogen-bond acceptors (Lipinski definition) is 3. The molecule has 3 heterocycles. The standard InChI is InChI=1S/C29H24NO.C18H24NSi.Ir/c1-2-9-22(10-3-1)23-13-14-24-25-11-6-12-26(29(25)31-28(24)19-23)27-18-21(15-16-30-27)17-20-7-4-5-8-20;1-14(2)11-16-12-17(15-9-7-6-8-10-15)19-13-18(16)20(3,4)5;/h1-3,6,9-11,13-16,18-20H,4-5,7-8,17H2;6-9,12-14H,11H2,1-5H3;/q2*-1;/i17D2;11D2;. The second-order valence-electron chi connectivity index (χ2n) is 14.8. The Morgan fingerprint density at radius 1 is 0.808 bits per heavy atom. The van der Waals surface area contributed by atoms with Crippen LogP contribution in [0.25, 0.3) is 55.6 Å². The largest absolute Gasteiger partial charge is 0.501 e. The summed E-state index contributed by atoms with van der Waals surface area (Å²) in [5.74, 6) is -0.0206. The topological polar surface area (TPSA) is 38.9 Å². The Bertz CT molecular complexity index is 2420. The molecule has 0 aliphatic heterocycles. The summed E-state index contributed by atoms with van der Waals surface area (Å²) in [6.07, 6.45) is 4.98. The van der Waals surface area contributed by atoms with Gasteiger partial charge in [0.15, 0.2) is 0 Å². The first kappa shape index (κ1) is 32.5. The van der Waals surface area contributed by atoms with Gasteiger partial charge in [-0.15, -0.1) is 54.1 Å². The molecule has 267 valence electrons. The molecule has 5 heteroatoms. The molecule has 0 spiro atoms. The van der Waals surface area contributed by atoms with Crippen molar-refractivity contribution in [1.29, 1.82) is 0 Å². The van der Waals surface area contributed by atoms with Gasteiger partial charge in [0.1, 0.15) is 5.58 Å². The van der Waals surface area contributed by atoms with Crippen molar-refractivity contribution in [2.24, 2.45) is 11.8 Å². The Balaban J connectivity index is 0.000000203. The molecule has 0 unspecified atom stereocenters. The van der Waals surface area contributed by atoms with Crippen molar-refractivity contribution < 1.29 is 30.0 Å². The Morgan fingerprint density at radius 3 is 2.33 bits per heavy atom.